The van der Waals surface area contributed by atoms with E-state index in [9.17, 15) is 22.8 Å². The molecule has 0 aliphatic rings. The monoisotopic (exact) mass is 428 g/mol. The van der Waals surface area contributed by atoms with Gasteiger partial charge in [0.2, 0.25) is 11.0 Å². The third-order valence-corrected chi connectivity index (χ3v) is 5.14. The van der Waals surface area contributed by atoms with Crippen LogP contribution in [0.25, 0.3) is 0 Å². The topological polar surface area (TPSA) is 97.1 Å². The number of hydrogen-bond acceptors (Lipinski definition) is 7. The first-order valence-electron chi connectivity index (χ1n) is 7.59. The molecule has 12 heteroatoms. The second kappa shape index (κ2) is 8.44. The van der Waals surface area contributed by atoms with Gasteiger partial charge >= 0.3 is 6.18 Å². The molecule has 0 fully saturated rings. The Labute approximate surface area is 164 Å². The van der Waals surface area contributed by atoms with Gasteiger partial charge in [0.1, 0.15) is 0 Å². The molecule has 146 valence electrons. The number of alkyl halides is 3. The van der Waals surface area contributed by atoms with Crippen molar-refractivity contribution in [1.29, 1.82) is 0 Å². The van der Waals surface area contributed by atoms with Crippen LogP contribution in [0.5, 0.6) is 0 Å². The molecular formula is C16H11F3N4O3S2. The number of anilines is 2. The summed E-state index contributed by atoms with van der Waals surface area (Å²) in [4.78, 5) is 23.8. The van der Waals surface area contributed by atoms with Crippen LogP contribution in [0, 0.1) is 0 Å². The van der Waals surface area contributed by atoms with E-state index in [0.717, 1.165) is 35.2 Å². The van der Waals surface area contributed by atoms with Gasteiger partial charge in [-0.25, -0.2) is 0 Å². The minimum absolute atomic E-state index is 0.0455. The molecule has 0 saturated carbocycles. The van der Waals surface area contributed by atoms with Crippen molar-refractivity contribution in [3.8, 4) is 0 Å². The number of halogens is 3. The van der Waals surface area contributed by atoms with Gasteiger partial charge in [0, 0.05) is 5.69 Å². The zero-order valence-corrected chi connectivity index (χ0v) is 15.5. The Morgan fingerprint density at radius 3 is 2.68 bits per heavy atom. The van der Waals surface area contributed by atoms with E-state index in [0.29, 0.717) is 4.34 Å². The molecule has 0 radical (unpaired) electrons. The first-order chi connectivity index (χ1) is 13.3. The van der Waals surface area contributed by atoms with E-state index in [1.54, 1.807) is 6.07 Å². The highest BCUT2D eigenvalue weighted by atomic mass is 32.2. The Morgan fingerprint density at radius 1 is 1.14 bits per heavy atom. The van der Waals surface area contributed by atoms with Crippen LogP contribution in [0.4, 0.5) is 24.0 Å². The van der Waals surface area contributed by atoms with Gasteiger partial charge < -0.3 is 9.73 Å². The first kappa shape index (κ1) is 19.9. The van der Waals surface area contributed by atoms with Gasteiger partial charge in [0.05, 0.1) is 17.6 Å². The third kappa shape index (κ3) is 5.33. The summed E-state index contributed by atoms with van der Waals surface area (Å²) >= 11 is 2.09. The molecule has 0 saturated heterocycles. The summed E-state index contributed by atoms with van der Waals surface area (Å²) in [5.74, 6) is -0.956. The van der Waals surface area contributed by atoms with Gasteiger partial charge in [-0.1, -0.05) is 29.2 Å². The fraction of sp³-hybridized carbons (Fsp3) is 0.125. The fourth-order valence-electron chi connectivity index (χ4n) is 1.98. The Morgan fingerprint density at radius 2 is 1.96 bits per heavy atom. The van der Waals surface area contributed by atoms with Gasteiger partial charge in [-0.2, -0.15) is 13.2 Å². The molecule has 0 unspecified atom stereocenters. The minimum atomic E-state index is -4.49. The van der Waals surface area contributed by atoms with Crippen molar-refractivity contribution in [2.75, 3.05) is 16.4 Å². The molecule has 1 aromatic carbocycles. The molecule has 3 aromatic rings. The minimum Gasteiger partial charge on any atom is -0.459 e. The second-order valence-electron chi connectivity index (χ2n) is 5.22. The number of carbonyl (C=O) groups is 2. The molecule has 2 aromatic heterocycles. The van der Waals surface area contributed by atoms with Gasteiger partial charge in [0.15, 0.2) is 10.1 Å². The highest BCUT2D eigenvalue weighted by Gasteiger charge is 2.30. The molecule has 0 aliphatic heterocycles. The smallest absolute Gasteiger partial charge is 0.416 e. The normalized spacial score (nSPS) is 11.2. The zero-order valence-electron chi connectivity index (χ0n) is 13.8. The summed E-state index contributed by atoms with van der Waals surface area (Å²) in [6, 6.07) is 7.42. The van der Waals surface area contributed by atoms with Gasteiger partial charge in [-0.3, -0.25) is 14.9 Å². The molecule has 3 rings (SSSR count). The average molecular weight is 428 g/mol. The third-order valence-electron chi connectivity index (χ3n) is 3.17. The van der Waals surface area contributed by atoms with Crippen molar-refractivity contribution in [1.82, 2.24) is 10.2 Å². The Hall–Kier alpha value is -2.86. The summed E-state index contributed by atoms with van der Waals surface area (Å²) in [6.07, 6.45) is -3.13. The molecule has 7 nitrogen and oxygen atoms in total. The molecule has 28 heavy (non-hydrogen) atoms. The number of carbonyl (C=O) groups excluding carboxylic acids is 2. The van der Waals surface area contributed by atoms with Crippen LogP contribution >= 0.6 is 23.1 Å². The van der Waals surface area contributed by atoms with E-state index in [4.69, 9.17) is 4.42 Å². The SMILES string of the molecule is O=C(CSc1nnc(NC(=O)c2ccco2)s1)Nc1cccc(C(F)(F)F)c1. The van der Waals surface area contributed by atoms with Crippen LogP contribution in [0.3, 0.4) is 0 Å². The van der Waals surface area contributed by atoms with Crippen LogP contribution < -0.4 is 10.6 Å². The maximum absolute atomic E-state index is 12.7. The van der Waals surface area contributed by atoms with Gasteiger partial charge in [-0.15, -0.1) is 10.2 Å². The lowest BCUT2D eigenvalue weighted by molar-refractivity contribution is -0.137. The van der Waals surface area contributed by atoms with Crippen LogP contribution in [-0.2, 0) is 11.0 Å². The summed E-state index contributed by atoms with van der Waals surface area (Å²) in [6.45, 7) is 0. The molecule has 0 aliphatic carbocycles. The number of amides is 2. The number of rotatable bonds is 6. The van der Waals surface area contributed by atoms with Crippen molar-refractivity contribution >= 4 is 45.7 Å². The molecule has 2 amide bonds. The lowest BCUT2D eigenvalue weighted by atomic mass is 10.2. The molecule has 2 heterocycles. The Bertz CT molecular complexity index is 974. The van der Waals surface area contributed by atoms with E-state index >= 15 is 0 Å². The maximum Gasteiger partial charge on any atom is 0.416 e. The number of nitrogens with one attached hydrogen (secondary N) is 2. The van der Waals surface area contributed by atoms with Crippen LogP contribution in [0.2, 0.25) is 0 Å². The van der Waals surface area contributed by atoms with Crippen LogP contribution in [-0.4, -0.2) is 27.8 Å². The van der Waals surface area contributed by atoms with Crippen molar-refractivity contribution in [3.05, 3.63) is 54.0 Å². The lowest BCUT2D eigenvalue weighted by Crippen LogP contribution is -2.15. The number of thioether (sulfide) groups is 1. The molecular weight excluding hydrogens is 417 g/mol. The van der Waals surface area contributed by atoms with Crippen molar-refractivity contribution in [3.63, 3.8) is 0 Å². The lowest BCUT2D eigenvalue weighted by Gasteiger charge is -2.09. The number of benzene rings is 1. The number of aromatic nitrogens is 2. The highest BCUT2D eigenvalue weighted by molar-refractivity contribution is 8.01. The van der Waals surface area contributed by atoms with Crippen molar-refractivity contribution in [2.24, 2.45) is 0 Å². The summed E-state index contributed by atoms with van der Waals surface area (Å²) in [5, 5.41) is 12.7. The predicted molar refractivity (Wildman–Crippen MR) is 97.4 cm³/mol. The van der Waals surface area contributed by atoms with Crippen molar-refractivity contribution < 1.29 is 27.2 Å². The average Bonchev–Trinajstić information content (AvgIpc) is 3.31. The van der Waals surface area contributed by atoms with E-state index in [-0.39, 0.29) is 22.3 Å². The molecule has 0 spiro atoms. The van der Waals surface area contributed by atoms with E-state index in [1.807, 2.05) is 0 Å². The first-order valence-corrected chi connectivity index (χ1v) is 9.40. The van der Waals surface area contributed by atoms with E-state index < -0.39 is 23.6 Å². The number of hydrogen-bond donors (Lipinski definition) is 2. The Balaban J connectivity index is 1.51. The highest BCUT2D eigenvalue weighted by Crippen LogP contribution is 2.31. The summed E-state index contributed by atoms with van der Waals surface area (Å²) in [5.41, 5.74) is -0.803. The van der Waals surface area contributed by atoms with Crippen LogP contribution in [0.15, 0.2) is 51.4 Å². The molecule has 0 bridgehead atoms. The standard InChI is InChI=1S/C16H11F3N4O3S2/c17-16(18,19)9-3-1-4-10(7-9)20-12(24)8-27-15-23-22-14(28-15)21-13(25)11-5-2-6-26-11/h1-7H,8H2,(H,20,24)(H,21,22,25). The maximum atomic E-state index is 12.7. The van der Waals surface area contributed by atoms with Crippen molar-refractivity contribution in [2.45, 2.75) is 10.5 Å². The summed E-state index contributed by atoms with van der Waals surface area (Å²) < 4.78 is 43.4. The van der Waals surface area contributed by atoms with E-state index in [2.05, 4.69) is 20.8 Å². The second-order valence-corrected chi connectivity index (χ2v) is 7.42. The Kier molecular flexibility index (Phi) is 5.99. The van der Waals surface area contributed by atoms with Gasteiger partial charge in [0.25, 0.3) is 5.91 Å². The quantitative estimate of drug-likeness (QED) is 0.453. The number of nitrogens with zero attached hydrogens (tertiary/aromatic N) is 2. The number of furan rings is 1. The van der Waals surface area contributed by atoms with Gasteiger partial charge in [-0.05, 0) is 30.3 Å². The predicted octanol–water partition coefficient (Wildman–Crippen LogP) is 4.13. The largest absolute Gasteiger partial charge is 0.459 e. The molecule has 0 atom stereocenters. The fourth-order valence-corrected chi connectivity index (χ4v) is 3.53. The van der Waals surface area contributed by atoms with Crippen LogP contribution in [0.1, 0.15) is 16.1 Å². The zero-order chi connectivity index (χ0) is 20.1. The summed E-state index contributed by atoms with van der Waals surface area (Å²) in [7, 11) is 0. The van der Waals surface area contributed by atoms with E-state index in [1.165, 1.54) is 24.5 Å². The molecule has 2 N–H and O–H groups in total.